The van der Waals surface area contributed by atoms with Crippen molar-refractivity contribution in [2.75, 3.05) is 13.7 Å². The monoisotopic (exact) mass is 319 g/mol. The van der Waals surface area contributed by atoms with Crippen LogP contribution in [0.15, 0.2) is 29.2 Å². The van der Waals surface area contributed by atoms with Gasteiger partial charge in [-0.15, -0.1) is 0 Å². The van der Waals surface area contributed by atoms with Crippen LogP contribution in [0.5, 0.6) is 0 Å². The van der Waals surface area contributed by atoms with Crippen molar-refractivity contribution >= 4 is 35.0 Å². The molecule has 0 atom stereocenters. The molecule has 2 rings (SSSR count). The second-order valence-corrected chi connectivity index (χ2v) is 6.16. The number of esters is 1. The van der Waals surface area contributed by atoms with E-state index >= 15 is 0 Å². The van der Waals surface area contributed by atoms with Crippen LogP contribution in [0.2, 0.25) is 0 Å². The predicted molar refractivity (Wildman–Crippen MR) is 85.2 cm³/mol. The Kier molecular flexibility index (Phi) is 5.03. The van der Waals surface area contributed by atoms with Crippen LogP contribution in [-0.2, 0) is 14.3 Å². The van der Waals surface area contributed by atoms with Gasteiger partial charge in [0.1, 0.15) is 6.54 Å². The van der Waals surface area contributed by atoms with E-state index in [1.807, 2.05) is 24.3 Å². The molecular formula is C16H17NO4S. The maximum absolute atomic E-state index is 12.2. The average molecular weight is 319 g/mol. The molecule has 5 nitrogen and oxygen atoms in total. The van der Waals surface area contributed by atoms with Gasteiger partial charge >= 0.3 is 5.97 Å². The molecule has 0 aromatic heterocycles. The molecule has 0 aliphatic carbocycles. The van der Waals surface area contributed by atoms with E-state index in [2.05, 4.69) is 18.6 Å². The Morgan fingerprint density at radius 1 is 1.27 bits per heavy atom. The summed E-state index contributed by atoms with van der Waals surface area (Å²) in [5.74, 6) is -0.653. The summed E-state index contributed by atoms with van der Waals surface area (Å²) in [6.07, 6.45) is 1.66. The fraction of sp³-hybridized carbons (Fsp3) is 0.312. The largest absolute Gasteiger partial charge is 0.468 e. The van der Waals surface area contributed by atoms with Crippen molar-refractivity contribution in [3.05, 3.63) is 40.3 Å². The van der Waals surface area contributed by atoms with Gasteiger partial charge in [0.05, 0.1) is 12.0 Å². The number of hydrogen-bond donors (Lipinski definition) is 0. The minimum atomic E-state index is -0.621. The molecule has 1 fully saturated rings. The van der Waals surface area contributed by atoms with Crippen molar-refractivity contribution < 1.29 is 19.1 Å². The predicted octanol–water partition coefficient (Wildman–Crippen LogP) is 3.02. The highest BCUT2D eigenvalue weighted by molar-refractivity contribution is 8.18. The Morgan fingerprint density at radius 2 is 1.91 bits per heavy atom. The Bertz CT molecular complexity index is 634. The highest BCUT2D eigenvalue weighted by Crippen LogP contribution is 2.32. The first kappa shape index (κ1) is 16.3. The first-order valence-corrected chi connectivity index (χ1v) is 7.66. The number of hydrogen-bond acceptors (Lipinski definition) is 5. The fourth-order valence-corrected chi connectivity index (χ4v) is 2.80. The number of imide groups is 1. The zero-order chi connectivity index (χ0) is 16.3. The van der Waals surface area contributed by atoms with Crippen LogP contribution in [0.1, 0.15) is 30.9 Å². The van der Waals surface area contributed by atoms with Crippen molar-refractivity contribution in [1.82, 2.24) is 4.90 Å². The summed E-state index contributed by atoms with van der Waals surface area (Å²) in [7, 11) is 1.22. The van der Waals surface area contributed by atoms with Crippen LogP contribution < -0.4 is 0 Å². The fourth-order valence-electron chi connectivity index (χ4n) is 1.96. The van der Waals surface area contributed by atoms with E-state index in [4.69, 9.17) is 0 Å². The van der Waals surface area contributed by atoms with Gasteiger partial charge in [-0.2, -0.15) is 0 Å². The molecule has 1 saturated heterocycles. The molecule has 0 saturated carbocycles. The summed E-state index contributed by atoms with van der Waals surface area (Å²) < 4.78 is 4.48. The highest BCUT2D eigenvalue weighted by atomic mass is 32.2. The van der Waals surface area contributed by atoms with Gasteiger partial charge in [0.15, 0.2) is 0 Å². The number of amides is 2. The van der Waals surface area contributed by atoms with Gasteiger partial charge in [-0.05, 0) is 34.9 Å². The van der Waals surface area contributed by atoms with E-state index < -0.39 is 17.1 Å². The first-order valence-electron chi connectivity index (χ1n) is 6.84. The minimum absolute atomic E-state index is 0.311. The van der Waals surface area contributed by atoms with E-state index in [0.29, 0.717) is 10.8 Å². The Morgan fingerprint density at radius 3 is 2.45 bits per heavy atom. The number of carbonyl (C=O) groups is 3. The lowest BCUT2D eigenvalue weighted by atomic mass is 10.0. The molecule has 22 heavy (non-hydrogen) atoms. The molecule has 116 valence electrons. The van der Waals surface area contributed by atoms with Gasteiger partial charge in [0, 0.05) is 0 Å². The molecule has 1 heterocycles. The van der Waals surface area contributed by atoms with Gasteiger partial charge in [-0.1, -0.05) is 38.1 Å². The number of ether oxygens (including phenoxy) is 1. The number of nitrogens with zero attached hydrogens (tertiary/aromatic N) is 1. The molecule has 1 aromatic rings. The zero-order valence-electron chi connectivity index (χ0n) is 12.7. The minimum Gasteiger partial charge on any atom is -0.468 e. The van der Waals surface area contributed by atoms with Crippen molar-refractivity contribution in [2.45, 2.75) is 19.8 Å². The molecule has 1 aliphatic heterocycles. The third-order valence-corrected chi connectivity index (χ3v) is 4.20. The van der Waals surface area contributed by atoms with E-state index in [1.54, 1.807) is 6.08 Å². The third kappa shape index (κ3) is 3.57. The summed E-state index contributed by atoms with van der Waals surface area (Å²) in [6, 6.07) is 7.80. The van der Waals surface area contributed by atoms with Gasteiger partial charge in [0.2, 0.25) is 0 Å². The van der Waals surface area contributed by atoms with Crippen LogP contribution in [0.25, 0.3) is 6.08 Å². The Balaban J connectivity index is 2.17. The standard InChI is InChI=1S/C16H17NO4S/c1-10(2)12-6-4-11(5-7-12)8-13-15(19)17(16(20)22-13)9-14(18)21-3/h4-8,10H,9H2,1-3H3/b13-8-. The third-order valence-electron chi connectivity index (χ3n) is 3.29. The van der Waals surface area contributed by atoms with Gasteiger partial charge in [-0.3, -0.25) is 19.3 Å². The summed E-state index contributed by atoms with van der Waals surface area (Å²) in [5.41, 5.74) is 2.05. The van der Waals surface area contributed by atoms with Gasteiger partial charge in [0.25, 0.3) is 11.1 Å². The summed E-state index contributed by atoms with van der Waals surface area (Å²) in [5, 5.41) is -0.458. The van der Waals surface area contributed by atoms with Crippen LogP contribution in [0.3, 0.4) is 0 Å². The quantitative estimate of drug-likeness (QED) is 0.630. The number of methoxy groups -OCH3 is 1. The molecule has 0 bridgehead atoms. The van der Waals surface area contributed by atoms with E-state index in [0.717, 1.165) is 22.2 Å². The molecule has 1 aliphatic rings. The van der Waals surface area contributed by atoms with Crippen LogP contribution >= 0.6 is 11.8 Å². The summed E-state index contributed by atoms with van der Waals surface area (Å²) in [4.78, 5) is 36.4. The maximum atomic E-state index is 12.2. The first-order chi connectivity index (χ1) is 10.4. The topological polar surface area (TPSA) is 63.7 Å². The Labute approximate surface area is 133 Å². The van der Waals surface area contributed by atoms with Crippen LogP contribution in [0.4, 0.5) is 4.79 Å². The van der Waals surface area contributed by atoms with Crippen molar-refractivity contribution in [3.63, 3.8) is 0 Å². The zero-order valence-corrected chi connectivity index (χ0v) is 13.5. The summed E-state index contributed by atoms with van der Waals surface area (Å²) >= 11 is 0.830. The molecule has 0 N–H and O–H groups in total. The molecule has 1 aromatic carbocycles. The number of thioether (sulfide) groups is 1. The number of benzene rings is 1. The smallest absolute Gasteiger partial charge is 0.325 e. The number of carbonyl (C=O) groups excluding carboxylic acids is 3. The molecule has 0 unspecified atom stereocenters. The second-order valence-electron chi connectivity index (χ2n) is 5.17. The Hall–Kier alpha value is -2.08. The highest BCUT2D eigenvalue weighted by Gasteiger charge is 2.36. The molecular weight excluding hydrogens is 302 g/mol. The maximum Gasteiger partial charge on any atom is 0.325 e. The SMILES string of the molecule is COC(=O)CN1C(=O)S/C(=C\c2ccc(C(C)C)cc2)C1=O. The molecule has 0 radical (unpaired) electrons. The van der Waals surface area contributed by atoms with Crippen molar-refractivity contribution in [2.24, 2.45) is 0 Å². The van der Waals surface area contributed by atoms with Crippen LogP contribution in [0, 0.1) is 0 Å². The van der Waals surface area contributed by atoms with E-state index in [9.17, 15) is 14.4 Å². The molecule has 6 heteroatoms. The molecule has 2 amide bonds. The van der Waals surface area contributed by atoms with Crippen molar-refractivity contribution in [3.8, 4) is 0 Å². The van der Waals surface area contributed by atoms with Crippen molar-refractivity contribution in [1.29, 1.82) is 0 Å². The normalized spacial score (nSPS) is 16.7. The van der Waals surface area contributed by atoms with Gasteiger partial charge in [-0.25, -0.2) is 0 Å². The molecule has 0 spiro atoms. The van der Waals surface area contributed by atoms with E-state index in [1.165, 1.54) is 12.7 Å². The lowest BCUT2D eigenvalue weighted by Crippen LogP contribution is -2.34. The lowest BCUT2D eigenvalue weighted by Gasteiger charge is -2.09. The van der Waals surface area contributed by atoms with Crippen LogP contribution in [-0.4, -0.2) is 35.7 Å². The number of rotatable bonds is 4. The average Bonchev–Trinajstić information content (AvgIpc) is 2.75. The van der Waals surface area contributed by atoms with E-state index in [-0.39, 0.29) is 6.54 Å². The van der Waals surface area contributed by atoms with Gasteiger partial charge < -0.3 is 4.74 Å². The second kappa shape index (κ2) is 6.79. The summed E-state index contributed by atoms with van der Waals surface area (Å²) in [6.45, 7) is 3.85. The lowest BCUT2D eigenvalue weighted by molar-refractivity contribution is -0.143.